The summed E-state index contributed by atoms with van der Waals surface area (Å²) in [5.74, 6) is 1.82. The van der Waals surface area contributed by atoms with Gasteiger partial charge in [0.05, 0.1) is 31.1 Å². The third-order valence-corrected chi connectivity index (χ3v) is 7.72. The van der Waals surface area contributed by atoms with Crippen molar-refractivity contribution in [2.24, 2.45) is 0 Å². The van der Waals surface area contributed by atoms with Crippen LogP contribution in [-0.2, 0) is 11.2 Å². The van der Waals surface area contributed by atoms with Crippen molar-refractivity contribution < 1.29 is 19.4 Å². The van der Waals surface area contributed by atoms with Gasteiger partial charge in [-0.15, -0.1) is 0 Å². The predicted octanol–water partition coefficient (Wildman–Crippen LogP) is 3.71. The van der Waals surface area contributed by atoms with Crippen molar-refractivity contribution in [3.8, 4) is 22.8 Å². The monoisotopic (exact) mass is 519 g/mol. The Bertz CT molecular complexity index is 1300. The Morgan fingerprint density at radius 3 is 2.76 bits per heavy atom. The van der Waals surface area contributed by atoms with Crippen molar-refractivity contribution in [3.05, 3.63) is 42.5 Å². The second-order valence-electron chi connectivity index (χ2n) is 10.1. The minimum Gasteiger partial charge on any atom is -0.465 e. The van der Waals surface area contributed by atoms with Crippen LogP contribution in [0.2, 0.25) is 0 Å². The molecule has 2 N–H and O–H groups in total. The van der Waals surface area contributed by atoms with Crippen LogP contribution < -0.4 is 19.9 Å². The van der Waals surface area contributed by atoms with Crippen LogP contribution in [0, 0.1) is 0 Å². The molecule has 1 atom stereocenters. The van der Waals surface area contributed by atoms with E-state index in [-0.39, 0.29) is 6.04 Å². The molecule has 200 valence electrons. The summed E-state index contributed by atoms with van der Waals surface area (Å²) in [5, 5.41) is 18.1. The number of anilines is 2. The average molecular weight is 520 g/mol. The number of carbonyl (C=O) groups is 1. The normalized spacial score (nSPS) is 20.3. The molecule has 3 aliphatic heterocycles. The molecule has 1 aromatic carbocycles. The third kappa shape index (κ3) is 4.79. The van der Waals surface area contributed by atoms with Crippen LogP contribution in [0.15, 0.2) is 36.9 Å². The highest BCUT2D eigenvalue weighted by Crippen LogP contribution is 2.44. The highest BCUT2D eigenvalue weighted by molar-refractivity contribution is 5.91. The summed E-state index contributed by atoms with van der Waals surface area (Å²) >= 11 is 0. The second kappa shape index (κ2) is 10.6. The van der Waals surface area contributed by atoms with Gasteiger partial charge in [0.15, 0.2) is 0 Å². The standard InChI is InChI=1S/C27H33N7O4/c1-18-2-3-22-23(34(18)27(35)36)5-4-21(19-15-31-33(16-19)20-6-8-28-9-7-20)26(22)38-25-14-24(29-17-30-25)32-10-12-37-13-11-32/h4-5,14-18,20,28H,2-3,6-13H2,1H3,(H,35,36)/t18-/m0/s1. The molecule has 0 bridgehead atoms. The molecule has 0 aliphatic carbocycles. The number of piperidine rings is 1. The zero-order valence-corrected chi connectivity index (χ0v) is 21.5. The van der Waals surface area contributed by atoms with E-state index in [0.29, 0.717) is 49.4 Å². The highest BCUT2D eigenvalue weighted by atomic mass is 16.5. The van der Waals surface area contributed by atoms with E-state index in [1.807, 2.05) is 36.0 Å². The van der Waals surface area contributed by atoms with E-state index < -0.39 is 6.09 Å². The van der Waals surface area contributed by atoms with Crippen molar-refractivity contribution >= 4 is 17.6 Å². The molecule has 0 radical (unpaired) electrons. The molecule has 11 nitrogen and oxygen atoms in total. The molecule has 11 heteroatoms. The number of aromatic nitrogens is 4. The molecular formula is C27H33N7O4. The SMILES string of the molecule is C[C@H]1CCc2c(ccc(-c3cnn(C4CCNCC4)c3)c2Oc2cc(N3CCOCC3)ncn2)N1C(=O)O. The van der Waals surface area contributed by atoms with Gasteiger partial charge < -0.3 is 24.8 Å². The molecule has 5 heterocycles. The van der Waals surface area contributed by atoms with Gasteiger partial charge in [-0.1, -0.05) is 0 Å². The van der Waals surface area contributed by atoms with Gasteiger partial charge in [-0.05, 0) is 57.8 Å². The summed E-state index contributed by atoms with van der Waals surface area (Å²) in [5.41, 5.74) is 3.33. The minimum atomic E-state index is -0.965. The lowest BCUT2D eigenvalue weighted by Crippen LogP contribution is -2.41. The number of nitrogens with one attached hydrogen (secondary N) is 1. The number of fused-ring (bicyclic) bond motifs is 1. The quantitative estimate of drug-likeness (QED) is 0.520. The summed E-state index contributed by atoms with van der Waals surface area (Å²) in [6, 6.07) is 5.91. The lowest BCUT2D eigenvalue weighted by molar-refractivity contribution is 0.122. The minimum absolute atomic E-state index is 0.117. The Balaban J connectivity index is 1.40. The fraction of sp³-hybridized carbons (Fsp3) is 0.481. The van der Waals surface area contributed by atoms with Crippen molar-refractivity contribution in [1.29, 1.82) is 0 Å². The number of amides is 1. The maximum absolute atomic E-state index is 12.2. The number of nitrogens with zero attached hydrogens (tertiary/aromatic N) is 6. The van der Waals surface area contributed by atoms with Crippen LogP contribution in [0.4, 0.5) is 16.3 Å². The zero-order valence-electron chi connectivity index (χ0n) is 21.5. The number of ether oxygens (including phenoxy) is 2. The first-order valence-corrected chi connectivity index (χ1v) is 13.3. The number of rotatable bonds is 5. The average Bonchev–Trinajstić information content (AvgIpc) is 3.44. The van der Waals surface area contributed by atoms with Crippen LogP contribution in [-0.4, -0.2) is 76.4 Å². The summed E-state index contributed by atoms with van der Waals surface area (Å²) in [4.78, 5) is 24.6. The van der Waals surface area contributed by atoms with Gasteiger partial charge in [0.1, 0.15) is 17.9 Å². The lowest BCUT2D eigenvalue weighted by Gasteiger charge is -2.34. The van der Waals surface area contributed by atoms with E-state index in [9.17, 15) is 9.90 Å². The summed E-state index contributed by atoms with van der Waals surface area (Å²) in [6.45, 7) is 6.72. The summed E-state index contributed by atoms with van der Waals surface area (Å²) < 4.78 is 14.1. The molecular weight excluding hydrogens is 486 g/mol. The maximum atomic E-state index is 12.2. The van der Waals surface area contributed by atoms with Crippen molar-refractivity contribution in [2.75, 3.05) is 49.2 Å². The van der Waals surface area contributed by atoms with Crippen LogP contribution >= 0.6 is 0 Å². The molecule has 1 amide bonds. The van der Waals surface area contributed by atoms with E-state index in [2.05, 4.69) is 26.4 Å². The second-order valence-corrected chi connectivity index (χ2v) is 10.1. The lowest BCUT2D eigenvalue weighted by atomic mass is 9.92. The molecule has 0 unspecified atom stereocenters. The van der Waals surface area contributed by atoms with E-state index in [0.717, 1.165) is 61.5 Å². The summed E-state index contributed by atoms with van der Waals surface area (Å²) in [6.07, 6.45) is 7.96. The largest absolute Gasteiger partial charge is 0.465 e. The van der Waals surface area contributed by atoms with Gasteiger partial charge in [-0.2, -0.15) is 5.10 Å². The zero-order chi connectivity index (χ0) is 26.1. The molecule has 2 saturated heterocycles. The first kappa shape index (κ1) is 24.6. The molecule has 2 fully saturated rings. The van der Waals surface area contributed by atoms with E-state index >= 15 is 0 Å². The predicted molar refractivity (Wildman–Crippen MR) is 142 cm³/mol. The van der Waals surface area contributed by atoms with Crippen LogP contribution in [0.5, 0.6) is 11.6 Å². The van der Waals surface area contributed by atoms with Crippen LogP contribution in [0.1, 0.15) is 37.8 Å². The van der Waals surface area contributed by atoms with Gasteiger partial charge >= 0.3 is 6.09 Å². The molecule has 0 spiro atoms. The topological polar surface area (TPSA) is 118 Å². The van der Waals surface area contributed by atoms with Crippen molar-refractivity contribution in [3.63, 3.8) is 0 Å². The van der Waals surface area contributed by atoms with Crippen LogP contribution in [0.3, 0.4) is 0 Å². The molecule has 38 heavy (non-hydrogen) atoms. The molecule has 3 aliphatic rings. The highest BCUT2D eigenvalue weighted by Gasteiger charge is 2.32. The van der Waals surface area contributed by atoms with Gasteiger partial charge in [-0.25, -0.2) is 14.8 Å². The van der Waals surface area contributed by atoms with Gasteiger partial charge in [0.2, 0.25) is 5.88 Å². The number of hydrogen-bond acceptors (Lipinski definition) is 8. The van der Waals surface area contributed by atoms with Crippen LogP contribution in [0.25, 0.3) is 11.1 Å². The van der Waals surface area contributed by atoms with Crippen molar-refractivity contribution in [1.82, 2.24) is 25.1 Å². The fourth-order valence-electron chi connectivity index (χ4n) is 5.64. The fourth-order valence-corrected chi connectivity index (χ4v) is 5.64. The first-order valence-electron chi connectivity index (χ1n) is 13.3. The summed E-state index contributed by atoms with van der Waals surface area (Å²) in [7, 11) is 0. The number of hydrogen-bond donors (Lipinski definition) is 2. The molecule has 6 rings (SSSR count). The van der Waals surface area contributed by atoms with Gasteiger partial charge in [0, 0.05) is 48.1 Å². The number of carboxylic acid groups (broad SMARTS) is 1. The maximum Gasteiger partial charge on any atom is 0.412 e. The Morgan fingerprint density at radius 2 is 1.97 bits per heavy atom. The Labute approximate surface area is 221 Å². The first-order chi connectivity index (χ1) is 18.6. The molecule has 2 aromatic heterocycles. The smallest absolute Gasteiger partial charge is 0.412 e. The van der Waals surface area contributed by atoms with E-state index in [1.165, 1.54) is 11.2 Å². The molecule has 0 saturated carbocycles. The third-order valence-electron chi connectivity index (χ3n) is 7.72. The van der Waals surface area contributed by atoms with Gasteiger partial charge in [0.25, 0.3) is 0 Å². The Morgan fingerprint density at radius 1 is 1.16 bits per heavy atom. The van der Waals surface area contributed by atoms with E-state index in [1.54, 1.807) is 0 Å². The van der Waals surface area contributed by atoms with Crippen molar-refractivity contribution in [2.45, 2.75) is 44.7 Å². The molecule has 3 aromatic rings. The number of morpholine rings is 1. The van der Waals surface area contributed by atoms with Gasteiger partial charge in [-0.3, -0.25) is 9.58 Å². The Hall–Kier alpha value is -3.70. The van der Waals surface area contributed by atoms with E-state index in [4.69, 9.17) is 14.6 Å². The Kier molecular flexibility index (Phi) is 6.86. The number of benzene rings is 1.